The SMILES string of the molecule is COc1ccc(C(=O)COC(=O)c2ccc(OC)c3ccccc23)cc1. The zero-order valence-electron chi connectivity index (χ0n) is 14.5. The molecule has 0 aliphatic heterocycles. The van der Waals surface area contributed by atoms with Gasteiger partial charge < -0.3 is 14.2 Å². The van der Waals surface area contributed by atoms with Crippen LogP contribution in [-0.2, 0) is 4.74 Å². The number of fused-ring (bicyclic) bond motifs is 1. The molecule has 0 unspecified atom stereocenters. The molecule has 26 heavy (non-hydrogen) atoms. The van der Waals surface area contributed by atoms with E-state index in [0.29, 0.717) is 28.0 Å². The summed E-state index contributed by atoms with van der Waals surface area (Å²) in [4.78, 5) is 24.7. The number of hydrogen-bond acceptors (Lipinski definition) is 5. The molecule has 0 fully saturated rings. The zero-order valence-corrected chi connectivity index (χ0v) is 14.5. The summed E-state index contributed by atoms with van der Waals surface area (Å²) in [6.07, 6.45) is 0. The van der Waals surface area contributed by atoms with Crippen molar-refractivity contribution in [1.82, 2.24) is 0 Å². The number of Topliss-reactive ketones (excluding diaryl/α,β-unsaturated/α-hetero) is 1. The molecule has 5 nitrogen and oxygen atoms in total. The lowest BCUT2D eigenvalue weighted by Gasteiger charge is -2.10. The van der Waals surface area contributed by atoms with E-state index in [1.807, 2.05) is 24.3 Å². The first-order valence-electron chi connectivity index (χ1n) is 8.04. The van der Waals surface area contributed by atoms with Crippen LogP contribution < -0.4 is 9.47 Å². The molecule has 0 radical (unpaired) electrons. The Balaban J connectivity index is 1.76. The molecule has 0 aliphatic rings. The van der Waals surface area contributed by atoms with Crippen molar-refractivity contribution >= 4 is 22.5 Å². The quantitative estimate of drug-likeness (QED) is 0.498. The molecule has 0 aromatic heterocycles. The number of benzene rings is 3. The molecular formula is C21H18O5. The largest absolute Gasteiger partial charge is 0.497 e. The number of ketones is 1. The molecule has 0 spiro atoms. The Labute approximate surface area is 151 Å². The Hall–Kier alpha value is -3.34. The number of esters is 1. The summed E-state index contributed by atoms with van der Waals surface area (Å²) in [5.74, 6) is 0.499. The molecule has 0 saturated carbocycles. The highest BCUT2D eigenvalue weighted by atomic mass is 16.5. The third-order valence-electron chi connectivity index (χ3n) is 4.07. The van der Waals surface area contributed by atoms with Gasteiger partial charge >= 0.3 is 5.97 Å². The summed E-state index contributed by atoms with van der Waals surface area (Å²) >= 11 is 0. The van der Waals surface area contributed by atoms with E-state index in [-0.39, 0.29) is 12.4 Å². The van der Waals surface area contributed by atoms with Gasteiger partial charge in [0.05, 0.1) is 19.8 Å². The molecule has 132 valence electrons. The van der Waals surface area contributed by atoms with Crippen molar-refractivity contribution in [2.24, 2.45) is 0 Å². The fourth-order valence-corrected chi connectivity index (χ4v) is 2.70. The van der Waals surface area contributed by atoms with E-state index in [0.717, 1.165) is 5.39 Å². The van der Waals surface area contributed by atoms with Crippen LogP contribution in [0.3, 0.4) is 0 Å². The molecule has 0 atom stereocenters. The monoisotopic (exact) mass is 350 g/mol. The number of hydrogen-bond donors (Lipinski definition) is 0. The van der Waals surface area contributed by atoms with E-state index >= 15 is 0 Å². The summed E-state index contributed by atoms with van der Waals surface area (Å²) < 4.78 is 15.6. The zero-order chi connectivity index (χ0) is 18.5. The van der Waals surface area contributed by atoms with Gasteiger partial charge in [-0.1, -0.05) is 24.3 Å². The summed E-state index contributed by atoms with van der Waals surface area (Å²) in [7, 11) is 3.13. The minimum Gasteiger partial charge on any atom is -0.497 e. The van der Waals surface area contributed by atoms with Crippen LogP contribution in [0.1, 0.15) is 20.7 Å². The predicted molar refractivity (Wildman–Crippen MR) is 98.1 cm³/mol. The smallest absolute Gasteiger partial charge is 0.339 e. The third-order valence-corrected chi connectivity index (χ3v) is 4.07. The van der Waals surface area contributed by atoms with Gasteiger partial charge in [-0.25, -0.2) is 4.79 Å². The lowest BCUT2D eigenvalue weighted by Crippen LogP contribution is -2.14. The van der Waals surface area contributed by atoms with Gasteiger partial charge in [0.15, 0.2) is 12.4 Å². The van der Waals surface area contributed by atoms with Crippen LogP contribution >= 0.6 is 0 Å². The Kier molecular flexibility index (Phi) is 5.17. The molecule has 0 N–H and O–H groups in total. The molecule has 0 saturated heterocycles. The van der Waals surface area contributed by atoms with Crippen LogP contribution in [0.4, 0.5) is 0 Å². The van der Waals surface area contributed by atoms with Gasteiger partial charge in [0, 0.05) is 10.9 Å². The van der Waals surface area contributed by atoms with E-state index < -0.39 is 5.97 Å². The van der Waals surface area contributed by atoms with Gasteiger partial charge in [-0.05, 0) is 41.8 Å². The second kappa shape index (κ2) is 7.70. The fraction of sp³-hybridized carbons (Fsp3) is 0.143. The summed E-state index contributed by atoms with van der Waals surface area (Å²) in [6.45, 7) is -0.328. The number of methoxy groups -OCH3 is 2. The molecule has 3 aromatic carbocycles. The number of rotatable bonds is 6. The maximum absolute atomic E-state index is 12.5. The Morgan fingerprint density at radius 3 is 2.15 bits per heavy atom. The Bertz CT molecular complexity index is 944. The second-order valence-electron chi connectivity index (χ2n) is 5.59. The van der Waals surface area contributed by atoms with E-state index in [4.69, 9.17) is 14.2 Å². The van der Waals surface area contributed by atoms with Crippen LogP contribution in [0, 0.1) is 0 Å². The number of carbonyl (C=O) groups excluding carboxylic acids is 2. The van der Waals surface area contributed by atoms with Gasteiger partial charge in [-0.2, -0.15) is 0 Å². The van der Waals surface area contributed by atoms with Crippen LogP contribution in [-0.4, -0.2) is 32.6 Å². The maximum atomic E-state index is 12.5. The van der Waals surface area contributed by atoms with Gasteiger partial charge in [0.1, 0.15) is 11.5 Å². The van der Waals surface area contributed by atoms with Gasteiger partial charge in [0.2, 0.25) is 0 Å². The highest BCUT2D eigenvalue weighted by molar-refractivity contribution is 6.07. The molecule has 3 rings (SSSR count). The van der Waals surface area contributed by atoms with Gasteiger partial charge in [0.25, 0.3) is 0 Å². The molecule has 0 bridgehead atoms. The third kappa shape index (κ3) is 3.52. The van der Waals surface area contributed by atoms with Crippen LogP contribution in [0.5, 0.6) is 11.5 Å². The minimum atomic E-state index is -0.550. The summed E-state index contributed by atoms with van der Waals surface area (Å²) in [6, 6.07) is 17.4. The minimum absolute atomic E-state index is 0.279. The molecular weight excluding hydrogens is 332 g/mol. The second-order valence-corrected chi connectivity index (χ2v) is 5.59. The molecule has 0 amide bonds. The van der Waals surface area contributed by atoms with Gasteiger partial charge in [-0.15, -0.1) is 0 Å². The van der Waals surface area contributed by atoms with E-state index in [1.165, 1.54) is 0 Å². The van der Waals surface area contributed by atoms with Crippen molar-refractivity contribution < 1.29 is 23.8 Å². The highest BCUT2D eigenvalue weighted by Gasteiger charge is 2.16. The van der Waals surface area contributed by atoms with Crippen molar-refractivity contribution in [2.45, 2.75) is 0 Å². The highest BCUT2D eigenvalue weighted by Crippen LogP contribution is 2.28. The maximum Gasteiger partial charge on any atom is 0.339 e. The lowest BCUT2D eigenvalue weighted by atomic mass is 10.0. The number of ether oxygens (including phenoxy) is 3. The molecule has 0 aliphatic carbocycles. The van der Waals surface area contributed by atoms with Crippen LogP contribution in [0.15, 0.2) is 60.7 Å². The summed E-state index contributed by atoms with van der Waals surface area (Å²) in [5.41, 5.74) is 0.849. The first-order valence-corrected chi connectivity index (χ1v) is 8.04. The lowest BCUT2D eigenvalue weighted by molar-refractivity contribution is 0.0476. The van der Waals surface area contributed by atoms with Crippen LogP contribution in [0.25, 0.3) is 10.8 Å². The number of carbonyl (C=O) groups is 2. The Morgan fingerprint density at radius 1 is 0.808 bits per heavy atom. The molecule has 5 heteroatoms. The first-order chi connectivity index (χ1) is 12.6. The first kappa shape index (κ1) is 17.5. The van der Waals surface area contributed by atoms with Gasteiger partial charge in [-0.3, -0.25) is 4.79 Å². The van der Waals surface area contributed by atoms with E-state index in [2.05, 4.69) is 0 Å². The standard InChI is InChI=1S/C21H18O5/c1-24-15-9-7-14(8-10-15)19(22)13-26-21(23)18-11-12-20(25-2)17-6-4-3-5-16(17)18/h3-12H,13H2,1-2H3. The van der Waals surface area contributed by atoms with Crippen molar-refractivity contribution in [2.75, 3.05) is 20.8 Å². The molecule has 0 heterocycles. The van der Waals surface area contributed by atoms with Crippen molar-refractivity contribution in [3.05, 3.63) is 71.8 Å². The van der Waals surface area contributed by atoms with Crippen molar-refractivity contribution in [3.63, 3.8) is 0 Å². The van der Waals surface area contributed by atoms with E-state index in [9.17, 15) is 9.59 Å². The van der Waals surface area contributed by atoms with Crippen LogP contribution in [0.2, 0.25) is 0 Å². The fourth-order valence-electron chi connectivity index (χ4n) is 2.70. The molecule has 3 aromatic rings. The van der Waals surface area contributed by atoms with Crippen molar-refractivity contribution in [1.29, 1.82) is 0 Å². The van der Waals surface area contributed by atoms with Crippen molar-refractivity contribution in [3.8, 4) is 11.5 Å². The summed E-state index contributed by atoms with van der Waals surface area (Å²) in [5, 5.41) is 1.53. The average Bonchev–Trinajstić information content (AvgIpc) is 2.71. The average molecular weight is 350 g/mol. The topological polar surface area (TPSA) is 61.8 Å². The normalized spacial score (nSPS) is 10.4. The van der Waals surface area contributed by atoms with E-state index in [1.54, 1.807) is 50.6 Å². The Morgan fingerprint density at radius 2 is 1.50 bits per heavy atom. The predicted octanol–water partition coefficient (Wildman–Crippen LogP) is 3.90.